The number of carbonyl (C=O) groups excluding carboxylic acids is 9. The number of ether oxygens (including phenoxy) is 1. The van der Waals surface area contributed by atoms with Crippen molar-refractivity contribution in [2.75, 3.05) is 20.3 Å². The maximum absolute atomic E-state index is 11.1. The van der Waals surface area contributed by atoms with Gasteiger partial charge in [0.15, 0.2) is 184 Å². The summed E-state index contributed by atoms with van der Waals surface area (Å²) >= 11 is 0. The van der Waals surface area contributed by atoms with Crippen LogP contribution >= 0.6 is 0 Å². The summed E-state index contributed by atoms with van der Waals surface area (Å²) in [6, 6.07) is 39.1. The molecule has 0 bridgehead atoms. The van der Waals surface area contributed by atoms with Gasteiger partial charge in [-0.15, -0.1) is 0 Å². The van der Waals surface area contributed by atoms with Gasteiger partial charge in [0.1, 0.15) is 26.8 Å². The van der Waals surface area contributed by atoms with Gasteiger partial charge < -0.3 is 69.3 Å². The van der Waals surface area contributed by atoms with Crippen molar-refractivity contribution in [3.63, 3.8) is 0 Å². The third kappa shape index (κ3) is 47.3. The van der Waals surface area contributed by atoms with Crippen molar-refractivity contribution >= 4 is 52.0 Å². The molecule has 0 saturated heterocycles. The van der Waals surface area contributed by atoms with E-state index in [0.29, 0.717) is 30.8 Å². The molecule has 0 radical (unpaired) electrons. The van der Waals surface area contributed by atoms with Crippen LogP contribution in [-0.2, 0) is 62.4 Å². The first kappa shape index (κ1) is 110. The lowest BCUT2D eigenvalue weighted by molar-refractivity contribution is -0.698. The maximum atomic E-state index is 11.1. The molecular formula is C89H124N8O11. The Kier molecular flexibility index (Phi) is 63.4. The van der Waals surface area contributed by atoms with Crippen LogP contribution < -0.4 is 36.5 Å². The predicted octanol–water partition coefficient (Wildman–Crippen LogP) is 12.6. The van der Waals surface area contributed by atoms with Crippen LogP contribution in [0, 0.1) is 59.4 Å². The van der Waals surface area contributed by atoms with Crippen molar-refractivity contribution in [1.82, 2.24) is 0 Å². The SMILES string of the molecule is C=C(C)C[n+]1ccc(C(C)=O)cc1.C=CC[n+]1ccc(C(C)=O)cc1.CC(=O)C[n+]1ccc(C(C)=O)cc1.CC(=O)c1cc[n+](C)cc1.CC(=O)c1cc[n+](CCO)cc1.CC(=O)c1cc[n+](Cc2ccccc2)cc1.CC[n+]1ccc(C(C)=O)cc1.COCC[n+]1ccc(C(C)=O)cc1.[CH3-].[CH3-].[CH3-].[CH3-].[CH3-].[CH3-].[CH3-].[CH3-]. The van der Waals surface area contributed by atoms with Crippen LogP contribution in [0.3, 0.4) is 0 Å². The van der Waals surface area contributed by atoms with Crippen molar-refractivity contribution in [1.29, 1.82) is 0 Å². The van der Waals surface area contributed by atoms with E-state index in [2.05, 4.69) is 36.8 Å². The summed E-state index contributed by atoms with van der Waals surface area (Å²) in [7, 11) is 3.59. The Morgan fingerprint density at radius 2 is 0.620 bits per heavy atom. The number of aliphatic hydroxyl groups excluding tert-OH is 1. The van der Waals surface area contributed by atoms with Crippen molar-refractivity contribution in [3.05, 3.63) is 361 Å². The highest BCUT2D eigenvalue weighted by Crippen LogP contribution is 2.03. The molecule has 108 heavy (non-hydrogen) atoms. The molecule has 0 aliphatic heterocycles. The van der Waals surface area contributed by atoms with Crippen LogP contribution in [0.4, 0.5) is 0 Å². The minimum Gasteiger partial charge on any atom is -0.390 e. The highest BCUT2D eigenvalue weighted by Gasteiger charge is 2.10. The lowest BCUT2D eigenvalue weighted by Crippen LogP contribution is -2.36. The van der Waals surface area contributed by atoms with Gasteiger partial charge in [0.25, 0.3) is 0 Å². The Morgan fingerprint density at radius 1 is 0.361 bits per heavy atom. The first-order valence-electron chi connectivity index (χ1n) is 32.4. The van der Waals surface area contributed by atoms with E-state index in [-0.39, 0.29) is 118 Å². The van der Waals surface area contributed by atoms with Gasteiger partial charge in [-0.2, -0.15) is 4.57 Å². The molecular weight excluding hydrogens is 1360 g/mol. The van der Waals surface area contributed by atoms with Gasteiger partial charge in [-0.05, 0) is 80.9 Å². The van der Waals surface area contributed by atoms with Gasteiger partial charge in [-0.3, -0.25) is 43.2 Å². The van der Waals surface area contributed by atoms with E-state index in [1.807, 2.05) is 213 Å². The number of ketones is 9. The van der Waals surface area contributed by atoms with E-state index in [4.69, 9.17) is 9.84 Å². The smallest absolute Gasteiger partial charge is 0.206 e. The number of Topliss-reactive ketones (excluding diaryl/α,β-unsaturated/α-hetero) is 9. The lowest BCUT2D eigenvalue weighted by atomic mass is 10.2. The van der Waals surface area contributed by atoms with Gasteiger partial charge >= 0.3 is 0 Å². The number of aryl methyl sites for hydroxylation is 2. The zero-order valence-corrected chi connectivity index (χ0v) is 68.3. The minimum atomic E-state index is 0. The molecule has 19 nitrogen and oxygen atoms in total. The van der Waals surface area contributed by atoms with Crippen LogP contribution in [-0.4, -0.2) is 77.5 Å². The standard InChI is InChI=1S/C14H14NO.C11H14NO.C10H14NO2.C10H12NO2.C10H12NO.C9H12NO2.C9H12NO.C8H10NO.8CH3/c1-12(16)14-7-9-15(10-8-14)11-13-5-3-2-4-6-13;1-9(2)8-12-6-4-11(5-7-12)10(3)13;1-9(12)10-3-5-11(6-4-10)7-8-13-2;1-8(12)7-11-5-3-10(4-6-11)9(2)13;1-3-6-11-7-4-10(5-8-11)9(2)12;1-8(12)9-2-4-10(5-3-9)6-7-11;1-3-10-6-4-9(5-7-10)8(2)11;1-7(10)8-3-5-9(2)6-4-8;;;;;;;;/h2-10H,11H2,1H3;4-7H,1,8H2,2-3H3;3-6H,7-8H2,1-2H3;3-6H,7H2,1-2H3;3-5,7-8H,1,6H2,2H3;2-5,11H,6-7H2,1H3;4-7H,3H2,1-2H3;3-6H,1-2H3;8*1H3/q8*+1;8*-1. The third-order valence-electron chi connectivity index (χ3n) is 14.2. The fraction of sp³-hybridized carbons (Fsp3) is 0.247. The predicted molar refractivity (Wildman–Crippen MR) is 431 cm³/mol. The lowest BCUT2D eigenvalue weighted by Gasteiger charge is -1.98. The van der Waals surface area contributed by atoms with E-state index in [9.17, 15) is 43.2 Å². The van der Waals surface area contributed by atoms with Crippen LogP contribution in [0.2, 0.25) is 0 Å². The van der Waals surface area contributed by atoms with Gasteiger partial charge in [0.2, 0.25) is 6.54 Å². The molecule has 0 atom stereocenters. The Bertz CT molecular complexity index is 3960. The number of hydrogen-bond acceptors (Lipinski definition) is 11. The average molecular weight is 1480 g/mol. The molecule has 9 aromatic rings. The molecule has 8 heterocycles. The number of carbonyl (C=O) groups is 9. The summed E-state index contributed by atoms with van der Waals surface area (Å²) in [5.74, 6) is 0.824. The molecule has 0 unspecified atom stereocenters. The summed E-state index contributed by atoms with van der Waals surface area (Å²) < 4.78 is 20.4. The minimum absolute atomic E-state index is 0. The third-order valence-corrected chi connectivity index (χ3v) is 14.2. The molecule has 0 fully saturated rings. The largest absolute Gasteiger partial charge is 0.390 e. The molecule has 0 amide bonds. The number of benzene rings is 1. The summed E-state index contributed by atoms with van der Waals surface area (Å²) in [4.78, 5) is 98.0. The first-order chi connectivity index (χ1) is 47.6. The van der Waals surface area contributed by atoms with Crippen LogP contribution in [0.1, 0.15) is 165 Å². The van der Waals surface area contributed by atoms with Crippen molar-refractivity contribution in [2.45, 2.75) is 122 Å². The highest BCUT2D eigenvalue weighted by molar-refractivity contribution is 5.96. The Balaban J connectivity index is -0.000000214. The maximum Gasteiger partial charge on any atom is 0.206 e. The van der Waals surface area contributed by atoms with Gasteiger partial charge in [0.05, 0.1) is 0 Å². The van der Waals surface area contributed by atoms with E-state index >= 15 is 0 Å². The quantitative estimate of drug-likeness (QED) is 0.0291. The summed E-state index contributed by atoms with van der Waals surface area (Å²) in [5.41, 5.74) is 8.24. The number of methoxy groups -OCH3 is 1. The van der Waals surface area contributed by atoms with Crippen LogP contribution in [0.5, 0.6) is 0 Å². The second kappa shape index (κ2) is 62.1. The van der Waals surface area contributed by atoms with E-state index < -0.39 is 0 Å². The molecule has 0 saturated carbocycles. The summed E-state index contributed by atoms with van der Waals surface area (Å²) in [5, 5.41) is 8.61. The van der Waals surface area contributed by atoms with Crippen molar-refractivity contribution in [2.24, 2.45) is 7.05 Å². The van der Waals surface area contributed by atoms with Crippen molar-refractivity contribution < 1.29 is 89.5 Å². The van der Waals surface area contributed by atoms with Gasteiger partial charge in [-0.1, -0.05) is 43.5 Å². The molecule has 0 spiro atoms. The van der Waals surface area contributed by atoms with E-state index in [1.54, 1.807) is 102 Å². The molecule has 9 rings (SSSR count). The van der Waals surface area contributed by atoms with Crippen molar-refractivity contribution in [3.8, 4) is 0 Å². The first-order valence-corrected chi connectivity index (χ1v) is 32.4. The Hall–Kier alpha value is -11.2. The Morgan fingerprint density at radius 3 is 0.880 bits per heavy atom. The molecule has 19 heteroatoms. The second-order valence-corrected chi connectivity index (χ2v) is 23.0. The number of rotatable bonds is 22. The number of nitrogens with zero attached hydrogens (tertiary/aromatic N) is 8. The number of hydrogen-bond donors (Lipinski definition) is 1. The average Bonchev–Trinajstić information content (AvgIpc) is 0.724. The fourth-order valence-electron chi connectivity index (χ4n) is 8.35. The summed E-state index contributed by atoms with van der Waals surface area (Å²) in [6.07, 6.45) is 31.6. The normalized spacial score (nSPS) is 9.02. The van der Waals surface area contributed by atoms with E-state index in [0.717, 1.165) is 71.7 Å². The summed E-state index contributed by atoms with van der Waals surface area (Å²) in [6.45, 7) is 31.4. The zero-order chi connectivity index (χ0) is 74.5. The highest BCUT2D eigenvalue weighted by atomic mass is 16.5. The monoisotopic (exact) mass is 1480 g/mol. The number of aromatic nitrogens is 8. The second-order valence-electron chi connectivity index (χ2n) is 23.0. The number of aliphatic hydroxyl groups is 1. The van der Waals surface area contributed by atoms with Crippen LogP contribution in [0.15, 0.2) is 251 Å². The molecule has 8 aromatic heterocycles. The zero-order valence-electron chi connectivity index (χ0n) is 68.3. The van der Waals surface area contributed by atoms with Gasteiger partial charge in [-0.25, -0.2) is 32.0 Å². The molecule has 1 aromatic carbocycles. The molecule has 586 valence electrons. The van der Waals surface area contributed by atoms with E-state index in [1.165, 1.54) is 26.3 Å². The molecule has 0 aliphatic carbocycles. The number of allylic oxidation sites excluding steroid dienone is 2. The van der Waals surface area contributed by atoms with Gasteiger partial charge in [0, 0.05) is 161 Å². The Labute approximate surface area is 648 Å². The topological polar surface area (TPSA) is 214 Å². The number of pyridine rings is 8. The fourth-order valence-corrected chi connectivity index (χ4v) is 8.35. The molecule has 0 aliphatic rings. The van der Waals surface area contributed by atoms with Crippen LogP contribution in [0.25, 0.3) is 0 Å². The molecule has 1 N–H and O–H groups in total.